The Hall–Kier alpha value is -0.980. The predicted molar refractivity (Wildman–Crippen MR) is 130 cm³/mol. The number of unbranched alkanes of at least 4 members (excludes halogenated alkanes) is 2. The van der Waals surface area contributed by atoms with E-state index in [0.717, 1.165) is 36.0 Å². The van der Waals surface area contributed by atoms with Crippen LogP contribution in [0.15, 0.2) is 24.3 Å². The van der Waals surface area contributed by atoms with Gasteiger partial charge in [-0.25, -0.2) is 0 Å². The fraction of sp³-hybridized carbons (Fsp3) is 0.793. The van der Waals surface area contributed by atoms with E-state index in [9.17, 15) is 0 Å². The van der Waals surface area contributed by atoms with Crippen LogP contribution < -0.4 is 4.74 Å². The van der Waals surface area contributed by atoms with Gasteiger partial charge in [0, 0.05) is 0 Å². The molecule has 0 bridgehead atoms. The average molecular weight is 413 g/mol. The third-order valence-electron chi connectivity index (χ3n) is 8.10. The van der Waals surface area contributed by atoms with E-state index < -0.39 is 0 Å². The smallest absolute Gasteiger partial charge is 0.119 e. The summed E-state index contributed by atoms with van der Waals surface area (Å²) in [5.74, 6) is 4.83. The molecule has 3 rings (SSSR count). The fourth-order valence-corrected chi connectivity index (χ4v) is 6.08. The van der Waals surface area contributed by atoms with Crippen molar-refractivity contribution in [2.75, 3.05) is 6.61 Å². The normalized spacial score (nSPS) is 27.1. The molecule has 0 radical (unpaired) electrons. The highest BCUT2D eigenvalue weighted by atomic mass is 16.5. The summed E-state index contributed by atoms with van der Waals surface area (Å²) in [6.07, 6.45) is 22.6. The average Bonchev–Trinajstić information content (AvgIpc) is 2.79. The molecule has 1 aromatic rings. The highest BCUT2D eigenvalue weighted by molar-refractivity contribution is 5.29. The lowest BCUT2D eigenvalue weighted by atomic mass is 9.77. The van der Waals surface area contributed by atoms with Gasteiger partial charge in [-0.05, 0) is 79.9 Å². The van der Waals surface area contributed by atoms with Crippen molar-refractivity contribution in [2.45, 2.75) is 122 Å². The van der Waals surface area contributed by atoms with Crippen LogP contribution in [0.2, 0.25) is 0 Å². The van der Waals surface area contributed by atoms with E-state index in [0.29, 0.717) is 0 Å². The summed E-state index contributed by atoms with van der Waals surface area (Å²) in [6, 6.07) is 9.10. The van der Waals surface area contributed by atoms with Gasteiger partial charge in [-0.15, -0.1) is 0 Å². The molecule has 2 saturated carbocycles. The third-order valence-corrected chi connectivity index (χ3v) is 8.10. The van der Waals surface area contributed by atoms with Crippen LogP contribution in [0.3, 0.4) is 0 Å². The third kappa shape index (κ3) is 7.93. The maximum absolute atomic E-state index is 6.07. The summed E-state index contributed by atoms with van der Waals surface area (Å²) in [5, 5.41) is 0. The van der Waals surface area contributed by atoms with E-state index in [1.54, 1.807) is 0 Å². The molecule has 2 fully saturated rings. The van der Waals surface area contributed by atoms with Gasteiger partial charge in [0.25, 0.3) is 0 Å². The Morgan fingerprint density at radius 2 is 1.20 bits per heavy atom. The topological polar surface area (TPSA) is 9.23 Å². The van der Waals surface area contributed by atoms with Gasteiger partial charge < -0.3 is 4.74 Å². The predicted octanol–water partition coefficient (Wildman–Crippen LogP) is 9.31. The van der Waals surface area contributed by atoms with Gasteiger partial charge in [-0.1, -0.05) is 90.2 Å². The van der Waals surface area contributed by atoms with E-state index in [-0.39, 0.29) is 0 Å². The Morgan fingerprint density at radius 1 is 0.633 bits per heavy atom. The second-order valence-electron chi connectivity index (χ2n) is 10.4. The number of hydrogen-bond acceptors (Lipinski definition) is 1. The summed E-state index contributed by atoms with van der Waals surface area (Å²) in [6.45, 7) is 5.52. The first-order chi connectivity index (χ1) is 14.8. The summed E-state index contributed by atoms with van der Waals surface area (Å²) in [4.78, 5) is 0. The Balaban J connectivity index is 1.27. The quantitative estimate of drug-likeness (QED) is 0.311. The van der Waals surface area contributed by atoms with Crippen LogP contribution in [0.1, 0.15) is 128 Å². The van der Waals surface area contributed by atoms with Crippen LogP contribution in [-0.2, 0) is 0 Å². The molecular formula is C29H48O. The second-order valence-corrected chi connectivity index (χ2v) is 10.4. The molecule has 0 N–H and O–H groups in total. The van der Waals surface area contributed by atoms with Crippen LogP contribution >= 0.6 is 0 Å². The highest BCUT2D eigenvalue weighted by Crippen LogP contribution is 2.38. The molecule has 0 atom stereocenters. The standard InChI is InChI=1S/C29H48O/c1-3-5-6-9-25-11-13-26(14-12-25)10-7-23-30-29-21-19-28(20-22-29)27-17-15-24(8-4-2)16-18-27/h19-22,24-27H,3-18,23H2,1-2H3/t24-,25-,26-,27-. The van der Waals surface area contributed by atoms with Gasteiger partial charge in [-0.3, -0.25) is 0 Å². The van der Waals surface area contributed by atoms with Crippen molar-refractivity contribution in [3.05, 3.63) is 29.8 Å². The van der Waals surface area contributed by atoms with Crippen molar-refractivity contribution in [1.29, 1.82) is 0 Å². The number of hydrogen-bond donors (Lipinski definition) is 0. The lowest BCUT2D eigenvalue weighted by Gasteiger charge is -2.29. The molecule has 1 aromatic carbocycles. The molecule has 0 aliphatic heterocycles. The molecule has 2 aliphatic rings. The van der Waals surface area contributed by atoms with Crippen molar-refractivity contribution in [1.82, 2.24) is 0 Å². The lowest BCUT2D eigenvalue weighted by Crippen LogP contribution is -2.15. The van der Waals surface area contributed by atoms with Gasteiger partial charge in [-0.2, -0.15) is 0 Å². The van der Waals surface area contributed by atoms with Crippen LogP contribution in [0.5, 0.6) is 5.75 Å². The van der Waals surface area contributed by atoms with Crippen LogP contribution in [0, 0.1) is 17.8 Å². The van der Waals surface area contributed by atoms with Crippen molar-refractivity contribution < 1.29 is 4.74 Å². The molecule has 170 valence electrons. The monoisotopic (exact) mass is 412 g/mol. The van der Waals surface area contributed by atoms with E-state index in [4.69, 9.17) is 4.74 Å². The molecular weight excluding hydrogens is 364 g/mol. The molecule has 2 aliphatic carbocycles. The molecule has 0 saturated heterocycles. The minimum Gasteiger partial charge on any atom is -0.494 e. The van der Waals surface area contributed by atoms with Crippen molar-refractivity contribution in [3.8, 4) is 5.75 Å². The molecule has 0 amide bonds. The van der Waals surface area contributed by atoms with Crippen molar-refractivity contribution >= 4 is 0 Å². The minimum absolute atomic E-state index is 0.782. The second kappa shape index (κ2) is 13.4. The zero-order valence-electron chi connectivity index (χ0n) is 20.0. The van der Waals surface area contributed by atoms with Gasteiger partial charge >= 0.3 is 0 Å². The molecule has 30 heavy (non-hydrogen) atoms. The highest BCUT2D eigenvalue weighted by Gasteiger charge is 2.22. The Bertz CT molecular complexity index is 546. The zero-order valence-corrected chi connectivity index (χ0v) is 20.0. The largest absolute Gasteiger partial charge is 0.494 e. The van der Waals surface area contributed by atoms with Gasteiger partial charge in [0.1, 0.15) is 5.75 Å². The zero-order chi connectivity index (χ0) is 21.0. The van der Waals surface area contributed by atoms with E-state index in [1.807, 2.05) is 0 Å². The summed E-state index contributed by atoms with van der Waals surface area (Å²) < 4.78 is 6.07. The van der Waals surface area contributed by atoms with Gasteiger partial charge in [0.15, 0.2) is 0 Å². The van der Waals surface area contributed by atoms with Gasteiger partial charge in [0.2, 0.25) is 0 Å². The fourth-order valence-electron chi connectivity index (χ4n) is 6.08. The summed E-state index contributed by atoms with van der Waals surface area (Å²) in [7, 11) is 0. The van der Waals surface area contributed by atoms with Crippen LogP contribution in [0.4, 0.5) is 0 Å². The molecule has 0 unspecified atom stereocenters. The summed E-state index contributed by atoms with van der Waals surface area (Å²) >= 11 is 0. The first-order valence-corrected chi connectivity index (χ1v) is 13.5. The SMILES string of the molecule is CCCCC[C@H]1CC[C@H](CCCOc2ccc([C@H]3CC[C@H](CCC)CC3)cc2)CC1. The molecule has 1 heteroatoms. The molecule has 1 nitrogen and oxygen atoms in total. The van der Waals surface area contributed by atoms with E-state index in [2.05, 4.69) is 38.1 Å². The van der Waals surface area contributed by atoms with E-state index in [1.165, 1.54) is 108 Å². The minimum atomic E-state index is 0.782. The Labute approximate surface area is 187 Å². The molecule has 0 heterocycles. The Kier molecular flexibility index (Phi) is 10.6. The maximum atomic E-state index is 6.07. The lowest BCUT2D eigenvalue weighted by molar-refractivity contribution is 0.228. The Morgan fingerprint density at radius 3 is 1.80 bits per heavy atom. The number of rotatable bonds is 12. The number of ether oxygens (including phenoxy) is 1. The van der Waals surface area contributed by atoms with Crippen LogP contribution in [-0.4, -0.2) is 6.61 Å². The van der Waals surface area contributed by atoms with Crippen molar-refractivity contribution in [3.63, 3.8) is 0 Å². The van der Waals surface area contributed by atoms with E-state index >= 15 is 0 Å². The molecule has 0 spiro atoms. The number of benzene rings is 1. The van der Waals surface area contributed by atoms with Crippen LogP contribution in [0.25, 0.3) is 0 Å². The molecule has 0 aromatic heterocycles. The summed E-state index contributed by atoms with van der Waals surface area (Å²) in [5.41, 5.74) is 1.54. The van der Waals surface area contributed by atoms with Crippen molar-refractivity contribution in [2.24, 2.45) is 17.8 Å². The first-order valence-electron chi connectivity index (χ1n) is 13.5. The first kappa shape index (κ1) is 23.7. The maximum Gasteiger partial charge on any atom is 0.119 e. The van der Waals surface area contributed by atoms with Gasteiger partial charge in [0.05, 0.1) is 6.61 Å².